The molecule has 0 bridgehead atoms. The van der Waals surface area contributed by atoms with Crippen LogP contribution in [0.1, 0.15) is 24.3 Å². The molecule has 1 heterocycles. The zero-order valence-corrected chi connectivity index (χ0v) is 10.8. The van der Waals surface area contributed by atoms with Crippen LogP contribution in [0.2, 0.25) is 0 Å². The summed E-state index contributed by atoms with van der Waals surface area (Å²) < 4.78 is 0. The molecule has 1 fully saturated rings. The van der Waals surface area contributed by atoms with Crippen molar-refractivity contribution in [2.75, 3.05) is 32.1 Å². The van der Waals surface area contributed by atoms with Crippen molar-refractivity contribution in [1.82, 2.24) is 5.32 Å². The van der Waals surface area contributed by atoms with Gasteiger partial charge >= 0.3 is 0 Å². The molecule has 3 nitrogen and oxygen atoms in total. The van der Waals surface area contributed by atoms with Gasteiger partial charge < -0.3 is 16.0 Å². The number of hydrogen-bond acceptors (Lipinski definition) is 3. The van der Waals surface area contributed by atoms with Crippen LogP contribution in [-0.4, -0.2) is 33.2 Å². The zero-order chi connectivity index (χ0) is 12.3. The highest BCUT2D eigenvalue weighted by Gasteiger charge is 2.27. The summed E-state index contributed by atoms with van der Waals surface area (Å²) in [5, 5.41) is 3.55. The van der Waals surface area contributed by atoms with Crippen molar-refractivity contribution < 1.29 is 0 Å². The smallest absolute Gasteiger partial charge is 0.0361 e. The van der Waals surface area contributed by atoms with Crippen molar-refractivity contribution in [3.05, 3.63) is 29.8 Å². The molecule has 0 saturated carbocycles. The number of hydrogen-bond donors (Lipinski definition) is 2. The molecule has 0 aromatic heterocycles. The van der Waals surface area contributed by atoms with Crippen molar-refractivity contribution in [2.24, 2.45) is 5.73 Å². The van der Waals surface area contributed by atoms with Gasteiger partial charge in [0, 0.05) is 31.7 Å². The Morgan fingerprint density at radius 1 is 1.29 bits per heavy atom. The highest BCUT2D eigenvalue weighted by molar-refractivity contribution is 5.46. The molecule has 2 unspecified atom stereocenters. The maximum absolute atomic E-state index is 5.67. The molecule has 0 spiro atoms. The van der Waals surface area contributed by atoms with E-state index in [2.05, 4.69) is 48.6 Å². The van der Waals surface area contributed by atoms with Crippen LogP contribution < -0.4 is 16.0 Å². The number of nitrogens with two attached hydrogens (primary N) is 1. The van der Waals surface area contributed by atoms with Crippen LogP contribution in [-0.2, 0) is 0 Å². The normalized spacial score (nSPS) is 23.9. The molecule has 3 N–H and O–H groups in total. The molecule has 1 saturated heterocycles. The summed E-state index contributed by atoms with van der Waals surface area (Å²) >= 11 is 0. The van der Waals surface area contributed by atoms with Gasteiger partial charge in [-0.2, -0.15) is 0 Å². The molecular formula is C14H23N3. The van der Waals surface area contributed by atoms with Crippen LogP contribution in [0.25, 0.3) is 0 Å². The van der Waals surface area contributed by atoms with E-state index in [9.17, 15) is 0 Å². The fourth-order valence-electron chi connectivity index (χ4n) is 2.67. The Labute approximate surface area is 104 Å². The van der Waals surface area contributed by atoms with Crippen molar-refractivity contribution in [1.29, 1.82) is 0 Å². The molecule has 94 valence electrons. The van der Waals surface area contributed by atoms with Crippen LogP contribution >= 0.6 is 0 Å². The maximum atomic E-state index is 5.67. The van der Waals surface area contributed by atoms with Crippen molar-refractivity contribution >= 4 is 5.69 Å². The Balaban J connectivity index is 2.10. The van der Waals surface area contributed by atoms with E-state index in [-0.39, 0.29) is 0 Å². The van der Waals surface area contributed by atoms with Crippen LogP contribution in [0.3, 0.4) is 0 Å². The lowest BCUT2D eigenvalue weighted by Crippen LogP contribution is -2.28. The standard InChI is InChI=1S/C14H23N3/c1-17(2)12-5-3-11(4-6-12)13-8-10-16-14(13)7-9-15/h3-6,13-14,16H,7-10,15H2,1-2H3. The number of rotatable bonds is 4. The van der Waals surface area contributed by atoms with Crippen molar-refractivity contribution in [3.8, 4) is 0 Å². The van der Waals surface area contributed by atoms with E-state index in [0.717, 1.165) is 19.5 Å². The molecule has 0 amide bonds. The van der Waals surface area contributed by atoms with E-state index >= 15 is 0 Å². The Kier molecular flexibility index (Phi) is 4.02. The third kappa shape index (κ3) is 2.79. The molecule has 3 heteroatoms. The minimum atomic E-state index is 0.560. The van der Waals surface area contributed by atoms with Crippen LogP contribution in [0, 0.1) is 0 Å². The van der Waals surface area contributed by atoms with Crippen LogP contribution in [0.15, 0.2) is 24.3 Å². The molecule has 1 aliphatic rings. The third-order valence-corrected chi connectivity index (χ3v) is 3.66. The molecule has 0 aliphatic carbocycles. The lowest BCUT2D eigenvalue weighted by molar-refractivity contribution is 0.516. The van der Waals surface area contributed by atoms with Crippen molar-refractivity contribution in [2.45, 2.75) is 24.8 Å². The summed E-state index contributed by atoms with van der Waals surface area (Å²) in [5.74, 6) is 0.634. The topological polar surface area (TPSA) is 41.3 Å². The second-order valence-corrected chi connectivity index (χ2v) is 5.02. The molecular weight excluding hydrogens is 210 g/mol. The zero-order valence-electron chi connectivity index (χ0n) is 10.8. The number of nitrogens with zero attached hydrogens (tertiary/aromatic N) is 1. The Hall–Kier alpha value is -1.06. The van der Waals surface area contributed by atoms with Gasteiger partial charge in [-0.3, -0.25) is 0 Å². The lowest BCUT2D eigenvalue weighted by Gasteiger charge is -2.20. The number of anilines is 1. The first-order valence-electron chi connectivity index (χ1n) is 6.43. The first-order valence-corrected chi connectivity index (χ1v) is 6.43. The van der Waals surface area contributed by atoms with Crippen LogP contribution in [0.4, 0.5) is 5.69 Å². The maximum Gasteiger partial charge on any atom is 0.0361 e. The third-order valence-electron chi connectivity index (χ3n) is 3.66. The van der Waals surface area contributed by atoms with E-state index in [4.69, 9.17) is 5.73 Å². The first kappa shape index (κ1) is 12.4. The summed E-state index contributed by atoms with van der Waals surface area (Å²) in [4.78, 5) is 2.13. The van der Waals surface area contributed by atoms with Gasteiger partial charge in [-0.1, -0.05) is 12.1 Å². The fraction of sp³-hybridized carbons (Fsp3) is 0.571. The second-order valence-electron chi connectivity index (χ2n) is 5.02. The van der Waals surface area contributed by atoms with E-state index in [1.165, 1.54) is 17.7 Å². The fourth-order valence-corrected chi connectivity index (χ4v) is 2.67. The van der Waals surface area contributed by atoms with Gasteiger partial charge in [-0.05, 0) is 43.6 Å². The lowest BCUT2D eigenvalue weighted by atomic mass is 9.90. The highest BCUT2D eigenvalue weighted by atomic mass is 15.1. The van der Waals surface area contributed by atoms with Gasteiger partial charge in [-0.25, -0.2) is 0 Å². The minimum absolute atomic E-state index is 0.560. The summed E-state index contributed by atoms with van der Waals surface area (Å²) in [6.07, 6.45) is 2.30. The van der Waals surface area contributed by atoms with Crippen LogP contribution in [0.5, 0.6) is 0 Å². The quantitative estimate of drug-likeness (QED) is 0.829. The van der Waals surface area contributed by atoms with Gasteiger partial charge in [0.15, 0.2) is 0 Å². The molecule has 1 aromatic rings. The van der Waals surface area contributed by atoms with Gasteiger partial charge in [0.1, 0.15) is 0 Å². The minimum Gasteiger partial charge on any atom is -0.378 e. The van der Waals surface area contributed by atoms with E-state index in [1.807, 2.05) is 0 Å². The van der Waals surface area contributed by atoms with Gasteiger partial charge in [-0.15, -0.1) is 0 Å². The number of nitrogens with one attached hydrogen (secondary N) is 1. The summed E-state index contributed by atoms with van der Waals surface area (Å²) in [6, 6.07) is 9.48. The molecule has 1 aliphatic heterocycles. The summed E-state index contributed by atoms with van der Waals surface area (Å²) in [7, 11) is 4.15. The summed E-state index contributed by atoms with van der Waals surface area (Å²) in [6.45, 7) is 1.88. The predicted molar refractivity (Wildman–Crippen MR) is 73.6 cm³/mol. The second kappa shape index (κ2) is 5.52. The monoisotopic (exact) mass is 233 g/mol. The van der Waals surface area contributed by atoms with E-state index in [0.29, 0.717) is 12.0 Å². The average molecular weight is 233 g/mol. The summed E-state index contributed by atoms with van der Waals surface area (Å²) in [5.41, 5.74) is 8.37. The Morgan fingerprint density at radius 2 is 2.00 bits per heavy atom. The first-order chi connectivity index (χ1) is 8.22. The molecule has 17 heavy (non-hydrogen) atoms. The Bertz CT molecular complexity index is 345. The predicted octanol–water partition coefficient (Wildman–Crippen LogP) is 1.55. The van der Waals surface area contributed by atoms with E-state index < -0.39 is 0 Å². The van der Waals surface area contributed by atoms with Gasteiger partial charge in [0.25, 0.3) is 0 Å². The molecule has 2 atom stereocenters. The highest BCUT2D eigenvalue weighted by Crippen LogP contribution is 2.30. The largest absolute Gasteiger partial charge is 0.378 e. The molecule has 2 rings (SSSR count). The molecule has 0 radical (unpaired) electrons. The SMILES string of the molecule is CN(C)c1ccc(C2CCNC2CCN)cc1. The Morgan fingerprint density at radius 3 is 2.59 bits per heavy atom. The van der Waals surface area contributed by atoms with Gasteiger partial charge in [0.2, 0.25) is 0 Å². The van der Waals surface area contributed by atoms with Gasteiger partial charge in [0.05, 0.1) is 0 Å². The molecule has 1 aromatic carbocycles. The average Bonchev–Trinajstić information content (AvgIpc) is 2.78. The number of benzene rings is 1. The van der Waals surface area contributed by atoms with E-state index in [1.54, 1.807) is 0 Å². The van der Waals surface area contributed by atoms with Crippen molar-refractivity contribution in [3.63, 3.8) is 0 Å².